The van der Waals surface area contributed by atoms with Gasteiger partial charge in [0, 0.05) is 18.0 Å². The molecule has 0 saturated carbocycles. The predicted octanol–water partition coefficient (Wildman–Crippen LogP) is 3.78. The summed E-state index contributed by atoms with van der Waals surface area (Å²) in [5.74, 6) is -5.79. The number of unbranched alkanes of at least 4 members (excludes halogenated alkanes) is 1. The second-order valence-electron chi connectivity index (χ2n) is 6.59. The molecule has 0 fully saturated rings. The third-order valence-electron chi connectivity index (χ3n) is 4.27. The molecular weight excluding hydrogens is 434 g/mol. The van der Waals surface area contributed by atoms with E-state index in [2.05, 4.69) is 0 Å². The summed E-state index contributed by atoms with van der Waals surface area (Å²) in [4.78, 5) is 35.3. The zero-order valence-electron chi connectivity index (χ0n) is 16.1. The smallest absolute Gasteiger partial charge is 0.464 e. The molecule has 2 aromatic rings. The molecule has 0 aliphatic carbocycles. The van der Waals surface area contributed by atoms with E-state index in [4.69, 9.17) is 4.74 Å². The van der Waals surface area contributed by atoms with Crippen molar-refractivity contribution in [3.8, 4) is 0 Å². The molecular formula is C19H18F6N2O4. The fourth-order valence-corrected chi connectivity index (χ4v) is 2.79. The van der Waals surface area contributed by atoms with Gasteiger partial charge in [0.2, 0.25) is 0 Å². The first-order valence-corrected chi connectivity index (χ1v) is 9.11. The van der Waals surface area contributed by atoms with E-state index < -0.39 is 42.6 Å². The number of aromatic nitrogens is 1. The van der Waals surface area contributed by atoms with Crippen LogP contribution < -0.4 is 5.32 Å². The van der Waals surface area contributed by atoms with Gasteiger partial charge >= 0.3 is 30.1 Å². The Bertz CT molecular complexity index is 964. The van der Waals surface area contributed by atoms with Crippen LogP contribution in [0.25, 0.3) is 10.9 Å². The summed E-state index contributed by atoms with van der Waals surface area (Å²) >= 11 is 0. The molecule has 31 heavy (non-hydrogen) atoms. The van der Waals surface area contributed by atoms with Crippen LogP contribution in [0.15, 0.2) is 30.5 Å². The summed E-state index contributed by atoms with van der Waals surface area (Å²) in [5, 5.41) is 1.62. The average molecular weight is 452 g/mol. The highest BCUT2D eigenvalue weighted by atomic mass is 19.4. The molecule has 1 amide bonds. The van der Waals surface area contributed by atoms with Crippen LogP contribution in [0, 0.1) is 0 Å². The second kappa shape index (κ2) is 9.40. The van der Waals surface area contributed by atoms with Crippen LogP contribution in [0.4, 0.5) is 26.3 Å². The maximum Gasteiger partial charge on any atom is 0.472 e. The van der Waals surface area contributed by atoms with E-state index in [0.717, 1.165) is 6.20 Å². The third-order valence-corrected chi connectivity index (χ3v) is 4.27. The third kappa shape index (κ3) is 5.98. The first-order chi connectivity index (χ1) is 14.4. The van der Waals surface area contributed by atoms with E-state index in [1.54, 1.807) is 6.92 Å². The Balaban J connectivity index is 2.42. The van der Waals surface area contributed by atoms with Gasteiger partial charge in [0.25, 0.3) is 0 Å². The van der Waals surface area contributed by atoms with Crippen molar-refractivity contribution in [2.24, 2.45) is 0 Å². The standard InChI is InChI=1S/C19H18F6N2O4/c1-2-3-8-31-15(28)13(26-16(29)18(20,21)22)9-11-10-27(17(30)19(23,24)25)14-7-5-4-6-12(11)14/h4-7,10,13H,2-3,8-9H2,1H3,(H,26,29). The molecule has 1 heterocycles. The van der Waals surface area contributed by atoms with Gasteiger partial charge in [-0.2, -0.15) is 26.3 Å². The van der Waals surface area contributed by atoms with Gasteiger partial charge in [0.1, 0.15) is 6.04 Å². The molecule has 0 bridgehead atoms. The highest BCUT2D eigenvalue weighted by Gasteiger charge is 2.42. The van der Waals surface area contributed by atoms with Gasteiger partial charge in [-0.15, -0.1) is 0 Å². The molecule has 1 aromatic carbocycles. The van der Waals surface area contributed by atoms with Gasteiger partial charge in [-0.25, -0.2) is 4.79 Å². The molecule has 1 unspecified atom stereocenters. The van der Waals surface area contributed by atoms with E-state index in [-0.39, 0.29) is 23.1 Å². The molecule has 0 radical (unpaired) electrons. The number of halogens is 6. The lowest BCUT2D eigenvalue weighted by molar-refractivity contribution is -0.175. The number of nitrogens with zero attached hydrogens (tertiary/aromatic N) is 1. The lowest BCUT2D eigenvalue weighted by Crippen LogP contribution is -2.48. The summed E-state index contributed by atoms with van der Waals surface area (Å²) in [7, 11) is 0. The van der Waals surface area contributed by atoms with Crippen LogP contribution in [0.3, 0.4) is 0 Å². The molecule has 0 saturated heterocycles. The second-order valence-corrected chi connectivity index (χ2v) is 6.59. The number of carbonyl (C=O) groups excluding carboxylic acids is 3. The summed E-state index contributed by atoms with van der Waals surface area (Å²) in [5.41, 5.74) is -0.201. The number of fused-ring (bicyclic) bond motifs is 1. The average Bonchev–Trinajstić information content (AvgIpc) is 3.04. The minimum atomic E-state index is -5.29. The number of para-hydroxylation sites is 1. The summed E-state index contributed by atoms with van der Waals surface area (Å²) in [6.45, 7) is 1.67. The van der Waals surface area contributed by atoms with Crippen molar-refractivity contribution >= 4 is 28.7 Å². The van der Waals surface area contributed by atoms with Crippen LogP contribution in [-0.4, -0.2) is 47.4 Å². The maximum absolute atomic E-state index is 12.9. The number of amides is 1. The zero-order chi connectivity index (χ0) is 23.4. The lowest BCUT2D eigenvalue weighted by Gasteiger charge is -2.18. The van der Waals surface area contributed by atoms with Gasteiger partial charge in [-0.3, -0.25) is 14.2 Å². The van der Waals surface area contributed by atoms with Crippen LogP contribution in [0.1, 0.15) is 30.1 Å². The minimum Gasteiger partial charge on any atom is -0.464 e. The van der Waals surface area contributed by atoms with Gasteiger partial charge in [-0.1, -0.05) is 31.5 Å². The van der Waals surface area contributed by atoms with Crippen molar-refractivity contribution < 1.29 is 45.5 Å². The van der Waals surface area contributed by atoms with E-state index in [1.807, 2.05) is 0 Å². The van der Waals surface area contributed by atoms with Crippen LogP contribution in [0.2, 0.25) is 0 Å². The van der Waals surface area contributed by atoms with Crippen molar-refractivity contribution in [3.05, 3.63) is 36.0 Å². The Hall–Kier alpha value is -3.05. The maximum atomic E-state index is 12.9. The highest BCUT2D eigenvalue weighted by Crippen LogP contribution is 2.27. The largest absolute Gasteiger partial charge is 0.472 e. The first-order valence-electron chi connectivity index (χ1n) is 9.11. The molecule has 12 heteroatoms. The summed E-state index contributed by atoms with van der Waals surface area (Å²) < 4.78 is 81.9. The molecule has 6 nitrogen and oxygen atoms in total. The Morgan fingerprint density at radius 3 is 2.29 bits per heavy atom. The summed E-state index contributed by atoms with van der Waals surface area (Å²) in [6.07, 6.45) is -9.28. The highest BCUT2D eigenvalue weighted by molar-refractivity contribution is 5.97. The predicted molar refractivity (Wildman–Crippen MR) is 96.2 cm³/mol. The molecule has 0 aliphatic rings. The number of rotatable bonds is 7. The monoisotopic (exact) mass is 452 g/mol. The molecule has 0 spiro atoms. The number of alkyl halides is 6. The molecule has 1 atom stereocenters. The number of hydrogen-bond acceptors (Lipinski definition) is 4. The van der Waals surface area contributed by atoms with Gasteiger partial charge in [0.15, 0.2) is 0 Å². The zero-order valence-corrected chi connectivity index (χ0v) is 16.1. The van der Waals surface area contributed by atoms with Gasteiger partial charge in [-0.05, 0) is 18.1 Å². The number of hydrogen-bond donors (Lipinski definition) is 1. The summed E-state index contributed by atoms with van der Waals surface area (Å²) in [6, 6.07) is 3.54. The molecule has 1 aromatic heterocycles. The number of ether oxygens (including phenoxy) is 1. The van der Waals surface area contributed by atoms with Crippen molar-refractivity contribution in [1.82, 2.24) is 9.88 Å². The van der Waals surface area contributed by atoms with Gasteiger partial charge < -0.3 is 10.1 Å². The number of nitrogens with one attached hydrogen (secondary N) is 1. The Morgan fingerprint density at radius 1 is 1.06 bits per heavy atom. The molecule has 0 aliphatic heterocycles. The van der Waals surface area contributed by atoms with Crippen LogP contribution in [-0.2, 0) is 20.7 Å². The molecule has 2 rings (SSSR count). The van der Waals surface area contributed by atoms with Crippen molar-refractivity contribution in [1.29, 1.82) is 0 Å². The number of esters is 1. The van der Waals surface area contributed by atoms with Gasteiger partial charge in [0.05, 0.1) is 12.1 Å². The molecule has 1 N–H and O–H groups in total. The van der Waals surface area contributed by atoms with Crippen LogP contribution in [0.5, 0.6) is 0 Å². The van der Waals surface area contributed by atoms with E-state index >= 15 is 0 Å². The Morgan fingerprint density at radius 2 is 1.71 bits per heavy atom. The minimum absolute atomic E-state index is 0.0480. The fraction of sp³-hybridized carbons (Fsp3) is 0.421. The van der Waals surface area contributed by atoms with E-state index in [1.165, 1.54) is 29.6 Å². The normalized spacial score (nSPS) is 13.1. The topological polar surface area (TPSA) is 77.4 Å². The fourth-order valence-electron chi connectivity index (χ4n) is 2.79. The Kier molecular flexibility index (Phi) is 7.34. The molecule has 170 valence electrons. The van der Waals surface area contributed by atoms with Crippen molar-refractivity contribution in [2.45, 2.75) is 44.6 Å². The lowest BCUT2D eigenvalue weighted by atomic mass is 10.0. The number of benzene rings is 1. The first kappa shape index (κ1) is 24.2. The quantitative estimate of drug-likeness (QED) is 0.394. The van der Waals surface area contributed by atoms with E-state index in [9.17, 15) is 40.7 Å². The Labute approximate surface area is 172 Å². The SMILES string of the molecule is CCCCOC(=O)C(Cc1cn(C(=O)C(F)(F)F)c2ccccc12)NC(=O)C(F)(F)F. The van der Waals surface area contributed by atoms with Crippen LogP contribution >= 0.6 is 0 Å². The number of carbonyl (C=O) groups is 3. The van der Waals surface area contributed by atoms with Crippen molar-refractivity contribution in [2.75, 3.05) is 6.61 Å². The van der Waals surface area contributed by atoms with Crippen molar-refractivity contribution in [3.63, 3.8) is 0 Å². The van der Waals surface area contributed by atoms with E-state index in [0.29, 0.717) is 17.4 Å².